The van der Waals surface area contributed by atoms with E-state index in [1.807, 2.05) is 13.8 Å². The largest absolute Gasteiger partial charge is 0.416 e. The number of thiocarbonyl (C=S) groups is 1. The molecule has 2 nitrogen and oxygen atoms in total. The summed E-state index contributed by atoms with van der Waals surface area (Å²) in [7, 11) is 0. The molecule has 1 rings (SSSR count). The van der Waals surface area contributed by atoms with Crippen molar-refractivity contribution >= 4 is 23.0 Å². The van der Waals surface area contributed by atoms with Gasteiger partial charge < -0.3 is 10.6 Å². The summed E-state index contributed by atoms with van der Waals surface area (Å²) in [6.07, 6.45) is -9.77. The van der Waals surface area contributed by atoms with E-state index in [2.05, 4.69) is 10.6 Å². The van der Waals surface area contributed by atoms with E-state index in [4.69, 9.17) is 12.2 Å². The van der Waals surface area contributed by atoms with Crippen LogP contribution in [0, 0.1) is 5.92 Å². The lowest BCUT2D eigenvalue weighted by molar-refractivity contribution is -0.143. The maximum absolute atomic E-state index is 12.7. The Morgan fingerprint density at radius 1 is 1.00 bits per heavy atom. The summed E-state index contributed by atoms with van der Waals surface area (Å²) >= 11 is 4.84. The summed E-state index contributed by atoms with van der Waals surface area (Å²) in [5.74, 6) is 0.215. The number of benzene rings is 1. The van der Waals surface area contributed by atoms with Crippen molar-refractivity contribution in [2.75, 3.05) is 11.9 Å². The molecule has 0 aliphatic carbocycles. The van der Waals surface area contributed by atoms with E-state index < -0.39 is 23.5 Å². The summed E-state index contributed by atoms with van der Waals surface area (Å²) < 4.78 is 76.1. The first kappa shape index (κ1) is 18.5. The molecule has 1 aromatic carbocycles. The van der Waals surface area contributed by atoms with Crippen LogP contribution in [-0.2, 0) is 12.4 Å². The van der Waals surface area contributed by atoms with Crippen molar-refractivity contribution in [1.29, 1.82) is 0 Å². The predicted octanol–water partition coefficient (Wildman–Crippen LogP) is 4.67. The lowest BCUT2D eigenvalue weighted by atomic mass is 10.1. The average molecular weight is 344 g/mol. The van der Waals surface area contributed by atoms with Gasteiger partial charge in [-0.15, -0.1) is 0 Å². The molecule has 0 amide bonds. The molecule has 0 radical (unpaired) electrons. The van der Waals surface area contributed by atoms with Crippen LogP contribution in [0.5, 0.6) is 0 Å². The number of alkyl halides is 6. The fourth-order valence-electron chi connectivity index (χ4n) is 1.50. The van der Waals surface area contributed by atoms with Crippen LogP contribution in [0.25, 0.3) is 0 Å². The number of nitrogens with one attached hydrogen (secondary N) is 2. The molecule has 0 aliphatic heterocycles. The van der Waals surface area contributed by atoms with Gasteiger partial charge in [0.1, 0.15) is 0 Å². The molecule has 0 saturated heterocycles. The molecule has 9 heteroatoms. The lowest BCUT2D eigenvalue weighted by Crippen LogP contribution is -2.31. The minimum atomic E-state index is -4.88. The maximum atomic E-state index is 12.7. The molecule has 0 fully saturated rings. The van der Waals surface area contributed by atoms with Gasteiger partial charge >= 0.3 is 12.4 Å². The number of hydrogen-bond donors (Lipinski definition) is 2. The van der Waals surface area contributed by atoms with Gasteiger partial charge in [-0.05, 0) is 36.3 Å². The summed E-state index contributed by atoms with van der Waals surface area (Å²) in [4.78, 5) is 0. The lowest BCUT2D eigenvalue weighted by Gasteiger charge is -2.16. The van der Waals surface area contributed by atoms with Gasteiger partial charge in [0.2, 0.25) is 0 Å². The minimum absolute atomic E-state index is 0.0406. The predicted molar refractivity (Wildman–Crippen MR) is 75.5 cm³/mol. The molecule has 0 heterocycles. The van der Waals surface area contributed by atoms with Crippen molar-refractivity contribution in [3.63, 3.8) is 0 Å². The van der Waals surface area contributed by atoms with E-state index in [9.17, 15) is 26.3 Å². The third-order valence-corrected chi connectivity index (χ3v) is 2.76. The van der Waals surface area contributed by atoms with E-state index in [-0.39, 0.29) is 22.8 Å². The molecule has 1 aromatic rings. The third kappa shape index (κ3) is 5.70. The van der Waals surface area contributed by atoms with Gasteiger partial charge in [-0.1, -0.05) is 13.8 Å². The minimum Gasteiger partial charge on any atom is -0.362 e. The monoisotopic (exact) mass is 344 g/mol. The fraction of sp³-hybridized carbons (Fsp3) is 0.462. The first-order chi connectivity index (χ1) is 9.89. The van der Waals surface area contributed by atoms with Crippen molar-refractivity contribution in [3.05, 3.63) is 29.3 Å². The van der Waals surface area contributed by atoms with Crippen LogP contribution in [0.1, 0.15) is 25.0 Å². The second-order valence-electron chi connectivity index (χ2n) is 5.02. The second-order valence-corrected chi connectivity index (χ2v) is 5.43. The van der Waals surface area contributed by atoms with E-state index in [0.717, 1.165) is 0 Å². The highest BCUT2D eigenvalue weighted by atomic mass is 32.1. The Hall–Kier alpha value is -1.51. The van der Waals surface area contributed by atoms with Crippen LogP contribution in [0.2, 0.25) is 0 Å². The summed E-state index contributed by atoms with van der Waals surface area (Å²) in [6.45, 7) is 4.19. The normalized spacial score (nSPS) is 12.4. The van der Waals surface area contributed by atoms with Gasteiger partial charge in [0.25, 0.3) is 0 Å². The second kappa shape index (κ2) is 6.72. The van der Waals surface area contributed by atoms with E-state index in [1.165, 1.54) is 0 Å². The molecule has 22 heavy (non-hydrogen) atoms. The van der Waals surface area contributed by atoms with Crippen molar-refractivity contribution in [2.45, 2.75) is 26.2 Å². The molecular formula is C13H14F6N2S. The van der Waals surface area contributed by atoms with Crippen molar-refractivity contribution in [3.8, 4) is 0 Å². The Morgan fingerprint density at radius 2 is 1.45 bits per heavy atom. The van der Waals surface area contributed by atoms with Crippen LogP contribution >= 0.6 is 12.2 Å². The Morgan fingerprint density at radius 3 is 1.82 bits per heavy atom. The van der Waals surface area contributed by atoms with E-state index >= 15 is 0 Å². The Bertz CT molecular complexity index is 504. The van der Waals surface area contributed by atoms with Crippen molar-refractivity contribution in [1.82, 2.24) is 5.32 Å². The topological polar surface area (TPSA) is 24.1 Å². The molecule has 0 spiro atoms. The van der Waals surface area contributed by atoms with E-state index in [0.29, 0.717) is 18.7 Å². The molecule has 0 bridgehead atoms. The van der Waals surface area contributed by atoms with Crippen LogP contribution in [0.3, 0.4) is 0 Å². The highest BCUT2D eigenvalue weighted by Crippen LogP contribution is 2.37. The Balaban J connectivity index is 3.06. The molecular weight excluding hydrogens is 330 g/mol. The fourth-order valence-corrected chi connectivity index (χ4v) is 1.70. The molecule has 0 aliphatic rings. The Labute approximate surface area is 128 Å². The average Bonchev–Trinajstić information content (AvgIpc) is 2.34. The molecule has 2 N–H and O–H groups in total. The van der Waals surface area contributed by atoms with Gasteiger partial charge in [0.15, 0.2) is 5.11 Å². The summed E-state index contributed by atoms with van der Waals surface area (Å²) in [5.41, 5.74) is -3.16. The molecule has 0 unspecified atom stereocenters. The quantitative estimate of drug-likeness (QED) is 0.616. The van der Waals surface area contributed by atoms with Gasteiger partial charge in [0, 0.05) is 12.2 Å². The number of anilines is 1. The Kier molecular flexibility index (Phi) is 5.66. The van der Waals surface area contributed by atoms with Gasteiger partial charge in [-0.2, -0.15) is 26.3 Å². The highest BCUT2D eigenvalue weighted by molar-refractivity contribution is 7.80. The molecule has 124 valence electrons. The standard InChI is InChI=1S/C13H14F6N2S/c1-7(2)6-20-11(22)21-10-4-8(12(14,15)16)3-9(5-10)13(17,18)19/h3-5,7H,6H2,1-2H3,(H2,20,21,22). The smallest absolute Gasteiger partial charge is 0.362 e. The zero-order chi connectivity index (χ0) is 17.1. The zero-order valence-electron chi connectivity index (χ0n) is 11.7. The van der Waals surface area contributed by atoms with Crippen molar-refractivity contribution < 1.29 is 26.3 Å². The van der Waals surface area contributed by atoms with Gasteiger partial charge in [-0.25, -0.2) is 0 Å². The maximum Gasteiger partial charge on any atom is 0.416 e. The van der Waals surface area contributed by atoms with Crippen LogP contribution in [0.15, 0.2) is 18.2 Å². The zero-order valence-corrected chi connectivity index (χ0v) is 12.5. The molecule has 0 saturated carbocycles. The summed E-state index contributed by atoms with van der Waals surface area (Å²) in [6, 6.07) is 1.23. The van der Waals surface area contributed by atoms with E-state index in [1.54, 1.807) is 0 Å². The number of rotatable bonds is 3. The van der Waals surface area contributed by atoms with Gasteiger partial charge in [-0.3, -0.25) is 0 Å². The SMILES string of the molecule is CC(C)CNC(=S)Nc1cc(C(F)(F)F)cc(C(F)(F)F)c1. The summed E-state index contributed by atoms with van der Waals surface area (Å²) in [5, 5.41) is 5.01. The first-order valence-corrected chi connectivity index (χ1v) is 6.64. The van der Waals surface area contributed by atoms with Gasteiger partial charge in [0.05, 0.1) is 11.1 Å². The third-order valence-electron chi connectivity index (χ3n) is 2.52. The molecule has 0 atom stereocenters. The number of halogens is 6. The van der Waals surface area contributed by atoms with Crippen molar-refractivity contribution in [2.24, 2.45) is 5.92 Å². The van der Waals surface area contributed by atoms with Crippen LogP contribution in [0.4, 0.5) is 32.0 Å². The number of hydrogen-bond acceptors (Lipinski definition) is 1. The first-order valence-electron chi connectivity index (χ1n) is 6.24. The van der Waals surface area contributed by atoms with Crippen LogP contribution < -0.4 is 10.6 Å². The highest BCUT2D eigenvalue weighted by Gasteiger charge is 2.36. The molecule has 0 aromatic heterocycles. The van der Waals surface area contributed by atoms with Crippen LogP contribution in [-0.4, -0.2) is 11.7 Å².